The summed E-state index contributed by atoms with van der Waals surface area (Å²) in [6, 6.07) is 17.4. The lowest BCUT2D eigenvalue weighted by Gasteiger charge is -2.39. The predicted molar refractivity (Wildman–Crippen MR) is 111 cm³/mol. The topological polar surface area (TPSA) is 43.9 Å². The minimum atomic E-state index is -0.308. The average Bonchev–Trinajstić information content (AvgIpc) is 2.74. The van der Waals surface area contributed by atoms with E-state index in [1.807, 2.05) is 59.5 Å². The van der Waals surface area contributed by atoms with E-state index in [0.717, 1.165) is 17.5 Å². The zero-order chi connectivity index (χ0) is 20.1. The summed E-state index contributed by atoms with van der Waals surface area (Å²) in [5.74, 6) is 0.138. The minimum absolute atomic E-state index is 0.0671. The number of aryl methyl sites for hydroxylation is 1. The Labute approximate surface area is 167 Å². The van der Waals surface area contributed by atoms with E-state index in [9.17, 15) is 9.59 Å². The summed E-state index contributed by atoms with van der Waals surface area (Å²) in [5, 5.41) is 0. The molecule has 2 aromatic rings. The molecule has 28 heavy (non-hydrogen) atoms. The van der Waals surface area contributed by atoms with Crippen molar-refractivity contribution in [2.45, 2.75) is 19.4 Å². The number of carbonyl (C=O) groups is 2. The van der Waals surface area contributed by atoms with E-state index in [4.69, 9.17) is 0 Å². The van der Waals surface area contributed by atoms with Crippen molar-refractivity contribution in [1.29, 1.82) is 0 Å². The first-order chi connectivity index (χ1) is 13.5. The van der Waals surface area contributed by atoms with Gasteiger partial charge < -0.3 is 9.80 Å². The maximum atomic E-state index is 12.8. The van der Waals surface area contributed by atoms with Crippen molar-refractivity contribution in [1.82, 2.24) is 14.7 Å². The number of hydrogen-bond acceptors (Lipinski definition) is 3. The molecule has 0 saturated carbocycles. The lowest BCUT2D eigenvalue weighted by molar-refractivity contribution is -0.135. The fourth-order valence-electron chi connectivity index (χ4n) is 3.64. The Morgan fingerprint density at radius 3 is 2.07 bits per heavy atom. The summed E-state index contributed by atoms with van der Waals surface area (Å²) in [6.45, 7) is 4.71. The van der Waals surface area contributed by atoms with E-state index in [1.165, 1.54) is 5.56 Å². The van der Waals surface area contributed by atoms with E-state index >= 15 is 0 Å². The van der Waals surface area contributed by atoms with Crippen LogP contribution >= 0.6 is 0 Å². The molecule has 0 spiro atoms. The molecule has 0 N–H and O–H groups in total. The molecule has 0 radical (unpaired) electrons. The van der Waals surface area contributed by atoms with Gasteiger partial charge in [-0.25, -0.2) is 0 Å². The molecule has 5 nitrogen and oxygen atoms in total. The van der Waals surface area contributed by atoms with Gasteiger partial charge >= 0.3 is 0 Å². The van der Waals surface area contributed by atoms with Gasteiger partial charge in [0.15, 0.2) is 0 Å². The van der Waals surface area contributed by atoms with Crippen LogP contribution < -0.4 is 0 Å². The highest BCUT2D eigenvalue weighted by molar-refractivity contribution is 5.94. The molecule has 3 rings (SSSR count). The second-order valence-corrected chi connectivity index (χ2v) is 7.42. The standard InChI is InChI=1S/C23H29N3O2/c1-4-18-10-12-20(13-11-18)22(27)26-16-14-25(15-17-26)21(23(28)24(2)3)19-8-6-5-7-9-19/h5-13,21H,4,14-17H2,1-3H3. The van der Waals surface area contributed by atoms with Gasteiger partial charge in [0.2, 0.25) is 5.91 Å². The summed E-state index contributed by atoms with van der Waals surface area (Å²) in [7, 11) is 3.58. The van der Waals surface area contributed by atoms with Crippen LogP contribution in [0.5, 0.6) is 0 Å². The van der Waals surface area contributed by atoms with Gasteiger partial charge in [0.1, 0.15) is 6.04 Å². The normalized spacial score (nSPS) is 15.9. The third-order valence-corrected chi connectivity index (χ3v) is 5.37. The first kappa shape index (κ1) is 20.1. The number of benzene rings is 2. The smallest absolute Gasteiger partial charge is 0.253 e. The van der Waals surface area contributed by atoms with Crippen molar-refractivity contribution in [2.75, 3.05) is 40.3 Å². The van der Waals surface area contributed by atoms with Crippen LogP contribution in [-0.2, 0) is 11.2 Å². The van der Waals surface area contributed by atoms with Crippen LogP contribution in [0.4, 0.5) is 0 Å². The number of amides is 2. The number of carbonyl (C=O) groups excluding carboxylic acids is 2. The van der Waals surface area contributed by atoms with Crippen LogP contribution in [0.15, 0.2) is 54.6 Å². The Morgan fingerprint density at radius 1 is 0.929 bits per heavy atom. The van der Waals surface area contributed by atoms with Gasteiger partial charge in [0.05, 0.1) is 0 Å². The van der Waals surface area contributed by atoms with E-state index in [-0.39, 0.29) is 17.9 Å². The summed E-state index contributed by atoms with van der Waals surface area (Å²) >= 11 is 0. The largest absolute Gasteiger partial charge is 0.347 e. The van der Waals surface area contributed by atoms with Crippen LogP contribution in [0.1, 0.15) is 34.5 Å². The van der Waals surface area contributed by atoms with Crippen LogP contribution in [-0.4, -0.2) is 66.8 Å². The van der Waals surface area contributed by atoms with E-state index in [0.29, 0.717) is 26.2 Å². The molecule has 2 aromatic carbocycles. The lowest BCUT2D eigenvalue weighted by Crippen LogP contribution is -2.52. The Kier molecular flexibility index (Phi) is 6.47. The van der Waals surface area contributed by atoms with Crippen molar-refractivity contribution < 1.29 is 9.59 Å². The Morgan fingerprint density at radius 2 is 1.54 bits per heavy atom. The maximum Gasteiger partial charge on any atom is 0.253 e. The maximum absolute atomic E-state index is 12.8. The molecule has 1 saturated heterocycles. The fourth-order valence-corrected chi connectivity index (χ4v) is 3.64. The quantitative estimate of drug-likeness (QED) is 0.802. The van der Waals surface area contributed by atoms with E-state index in [1.54, 1.807) is 19.0 Å². The molecular weight excluding hydrogens is 350 g/mol. The molecule has 0 bridgehead atoms. The van der Waals surface area contributed by atoms with Crippen LogP contribution in [0, 0.1) is 0 Å². The first-order valence-corrected chi connectivity index (χ1v) is 9.89. The molecule has 1 aliphatic rings. The minimum Gasteiger partial charge on any atom is -0.347 e. The second-order valence-electron chi connectivity index (χ2n) is 7.42. The molecule has 148 valence electrons. The highest BCUT2D eigenvalue weighted by Crippen LogP contribution is 2.24. The average molecular weight is 380 g/mol. The van der Waals surface area contributed by atoms with Gasteiger partial charge in [-0.3, -0.25) is 14.5 Å². The number of rotatable bonds is 5. The summed E-state index contributed by atoms with van der Waals surface area (Å²) in [4.78, 5) is 31.4. The zero-order valence-electron chi connectivity index (χ0n) is 17.0. The van der Waals surface area contributed by atoms with Crippen molar-refractivity contribution in [3.05, 3.63) is 71.3 Å². The SMILES string of the molecule is CCc1ccc(C(=O)N2CCN(C(C(=O)N(C)C)c3ccccc3)CC2)cc1. The van der Waals surface area contributed by atoms with E-state index < -0.39 is 0 Å². The van der Waals surface area contributed by atoms with E-state index in [2.05, 4.69) is 11.8 Å². The number of likely N-dealkylation sites (N-methyl/N-ethyl adjacent to an activating group) is 1. The highest BCUT2D eigenvalue weighted by atomic mass is 16.2. The van der Waals surface area contributed by atoms with Crippen LogP contribution in [0.3, 0.4) is 0 Å². The number of piperazine rings is 1. The first-order valence-electron chi connectivity index (χ1n) is 9.89. The molecular formula is C23H29N3O2. The van der Waals surface area contributed by atoms with Crippen molar-refractivity contribution in [3.8, 4) is 0 Å². The van der Waals surface area contributed by atoms with Gasteiger partial charge in [-0.1, -0.05) is 49.4 Å². The second kappa shape index (κ2) is 9.02. The number of hydrogen-bond donors (Lipinski definition) is 0. The molecule has 0 aromatic heterocycles. The highest BCUT2D eigenvalue weighted by Gasteiger charge is 2.32. The third-order valence-electron chi connectivity index (χ3n) is 5.37. The molecule has 1 heterocycles. The molecule has 1 aliphatic heterocycles. The van der Waals surface area contributed by atoms with Crippen LogP contribution in [0.25, 0.3) is 0 Å². The fraction of sp³-hybridized carbons (Fsp3) is 0.391. The molecule has 1 atom stereocenters. The molecule has 0 aliphatic carbocycles. The van der Waals surface area contributed by atoms with Gasteiger partial charge in [-0.05, 0) is 29.7 Å². The molecule has 1 unspecified atom stereocenters. The van der Waals surface area contributed by atoms with Gasteiger partial charge in [-0.15, -0.1) is 0 Å². The van der Waals surface area contributed by atoms with Crippen molar-refractivity contribution in [3.63, 3.8) is 0 Å². The monoisotopic (exact) mass is 379 g/mol. The number of nitrogens with zero attached hydrogens (tertiary/aromatic N) is 3. The lowest BCUT2D eigenvalue weighted by atomic mass is 10.0. The van der Waals surface area contributed by atoms with Crippen LogP contribution in [0.2, 0.25) is 0 Å². The summed E-state index contributed by atoms with van der Waals surface area (Å²) < 4.78 is 0. The third kappa shape index (κ3) is 4.42. The van der Waals surface area contributed by atoms with Crippen molar-refractivity contribution >= 4 is 11.8 Å². The van der Waals surface area contributed by atoms with Gasteiger partial charge in [0, 0.05) is 45.8 Å². The zero-order valence-corrected chi connectivity index (χ0v) is 17.0. The molecule has 5 heteroatoms. The predicted octanol–water partition coefficient (Wildman–Crippen LogP) is 2.84. The van der Waals surface area contributed by atoms with Gasteiger partial charge in [0.25, 0.3) is 5.91 Å². The Hall–Kier alpha value is -2.66. The molecule has 2 amide bonds. The Bertz CT molecular complexity index is 794. The summed E-state index contributed by atoms with van der Waals surface area (Å²) in [6.07, 6.45) is 0.966. The van der Waals surface area contributed by atoms with Crippen molar-refractivity contribution in [2.24, 2.45) is 0 Å². The van der Waals surface area contributed by atoms with Gasteiger partial charge in [-0.2, -0.15) is 0 Å². The summed E-state index contributed by atoms with van der Waals surface area (Å²) in [5.41, 5.74) is 2.96. The molecule has 1 fully saturated rings. The Balaban J connectivity index is 1.69.